The highest BCUT2D eigenvalue weighted by molar-refractivity contribution is 5.76. The first-order valence-electron chi connectivity index (χ1n) is 13.6. The molecule has 0 heterocycles. The van der Waals surface area contributed by atoms with Gasteiger partial charge in [-0.2, -0.15) is 5.26 Å². The average molecular weight is 536 g/mol. The molecule has 0 aromatic heterocycles. The van der Waals surface area contributed by atoms with Crippen LogP contribution in [0.5, 0.6) is 5.75 Å². The number of fused-ring (bicyclic) bond motifs is 1. The molecule has 0 radical (unpaired) electrons. The highest BCUT2D eigenvalue weighted by atomic mass is 16.6. The van der Waals surface area contributed by atoms with E-state index in [9.17, 15) is 14.9 Å². The quantitative estimate of drug-likeness (QED) is 0.309. The van der Waals surface area contributed by atoms with Gasteiger partial charge in [0, 0.05) is 18.5 Å². The van der Waals surface area contributed by atoms with Crippen molar-refractivity contribution in [2.75, 3.05) is 13.2 Å². The molecule has 3 rings (SSSR count). The van der Waals surface area contributed by atoms with Gasteiger partial charge in [0.05, 0.1) is 5.56 Å². The number of carbonyl (C=O) groups is 2. The van der Waals surface area contributed by atoms with E-state index in [-0.39, 0.29) is 24.5 Å². The summed E-state index contributed by atoms with van der Waals surface area (Å²) in [6, 6.07) is 14.9. The van der Waals surface area contributed by atoms with Crippen molar-refractivity contribution < 1.29 is 24.2 Å². The van der Waals surface area contributed by atoms with Gasteiger partial charge in [0.2, 0.25) is 0 Å². The van der Waals surface area contributed by atoms with Gasteiger partial charge in [-0.3, -0.25) is 9.59 Å². The topological polar surface area (TPSA) is 135 Å². The first-order chi connectivity index (χ1) is 18.5. The van der Waals surface area contributed by atoms with Gasteiger partial charge in [0.25, 0.3) is 0 Å². The molecule has 8 nitrogen and oxygen atoms in total. The summed E-state index contributed by atoms with van der Waals surface area (Å²) in [5.74, 6) is -0.616. The molecule has 2 aromatic carbocycles. The molecule has 2 aromatic rings. The zero-order chi connectivity index (χ0) is 28.6. The molecular formula is C31H41N3O5. The molecule has 210 valence electrons. The number of ether oxygens (including phenoxy) is 2. The number of hydrogen-bond acceptors (Lipinski definition) is 7. The van der Waals surface area contributed by atoms with Gasteiger partial charge in [0.1, 0.15) is 30.6 Å². The van der Waals surface area contributed by atoms with Crippen LogP contribution in [-0.2, 0) is 33.6 Å². The summed E-state index contributed by atoms with van der Waals surface area (Å²) in [6.45, 7) is 8.39. The number of nitriles is 1. The van der Waals surface area contributed by atoms with Gasteiger partial charge in [-0.1, -0.05) is 44.2 Å². The molecule has 0 saturated heterocycles. The van der Waals surface area contributed by atoms with E-state index >= 15 is 0 Å². The number of nitrogens with one attached hydrogen (secondary N) is 1. The van der Waals surface area contributed by atoms with Crippen molar-refractivity contribution in [3.8, 4) is 11.8 Å². The lowest BCUT2D eigenvalue weighted by atomic mass is 9.88. The highest BCUT2D eigenvalue weighted by Gasteiger charge is 2.30. The average Bonchev–Trinajstić information content (AvgIpc) is 3.29. The summed E-state index contributed by atoms with van der Waals surface area (Å²) in [6.07, 6.45) is 2.72. The molecule has 0 spiro atoms. The van der Waals surface area contributed by atoms with Crippen LogP contribution in [0.4, 0.5) is 0 Å². The second-order valence-electron chi connectivity index (χ2n) is 11.5. The van der Waals surface area contributed by atoms with E-state index in [0.29, 0.717) is 30.2 Å². The number of benzene rings is 2. The smallest absolute Gasteiger partial charge is 0.323 e. The minimum Gasteiger partial charge on any atom is -0.488 e. The van der Waals surface area contributed by atoms with Crippen molar-refractivity contribution in [3.63, 3.8) is 0 Å². The Morgan fingerprint density at radius 1 is 1.18 bits per heavy atom. The van der Waals surface area contributed by atoms with Crippen LogP contribution >= 0.6 is 0 Å². The van der Waals surface area contributed by atoms with Crippen molar-refractivity contribution in [2.24, 2.45) is 17.6 Å². The molecule has 0 unspecified atom stereocenters. The number of rotatable bonds is 14. The van der Waals surface area contributed by atoms with E-state index in [2.05, 4.69) is 49.5 Å². The number of nitrogens with zero attached hydrogens (tertiary/aromatic N) is 1. The number of aliphatic carboxylic acids is 1. The first kappa shape index (κ1) is 30.1. The van der Waals surface area contributed by atoms with Gasteiger partial charge < -0.3 is 25.6 Å². The third-order valence-corrected chi connectivity index (χ3v) is 7.23. The van der Waals surface area contributed by atoms with Crippen LogP contribution in [0.1, 0.15) is 62.8 Å². The Bertz CT molecular complexity index is 1160. The third-order valence-electron chi connectivity index (χ3n) is 7.23. The molecule has 4 N–H and O–H groups in total. The molecule has 0 fully saturated rings. The monoisotopic (exact) mass is 535 g/mol. The summed E-state index contributed by atoms with van der Waals surface area (Å²) in [5.41, 5.74) is 9.74. The zero-order valence-corrected chi connectivity index (χ0v) is 23.4. The molecule has 0 saturated carbocycles. The Kier molecular flexibility index (Phi) is 10.5. The molecule has 0 amide bonds. The van der Waals surface area contributed by atoms with E-state index in [0.717, 1.165) is 24.8 Å². The fraction of sp³-hybridized carbons (Fsp3) is 0.516. The standard InChI is InChI=1S/C31H41N3O5/c1-20(2)29(33)30(37)39-26(19-38-27-15-21(10-12-28(35)36)9-11-25(27)17-32)18-34-31(3,4)16-22-13-23-7-5-6-8-24(23)14-22/h5-9,11,15,20,22,26,29,34H,10,12-14,16,18-19,33H2,1-4H3,(H,35,36)/t26-,29+/m0/s1. The van der Waals surface area contributed by atoms with Crippen LogP contribution < -0.4 is 15.8 Å². The van der Waals surface area contributed by atoms with Gasteiger partial charge in [-0.25, -0.2) is 0 Å². The lowest BCUT2D eigenvalue weighted by Gasteiger charge is -2.32. The van der Waals surface area contributed by atoms with Crippen LogP contribution in [-0.4, -0.2) is 47.9 Å². The van der Waals surface area contributed by atoms with Gasteiger partial charge >= 0.3 is 11.9 Å². The fourth-order valence-corrected chi connectivity index (χ4v) is 5.00. The number of carboxylic acid groups (broad SMARTS) is 1. The van der Waals surface area contributed by atoms with Crippen molar-refractivity contribution in [1.82, 2.24) is 5.32 Å². The molecular weight excluding hydrogens is 494 g/mol. The Labute approximate surface area is 231 Å². The molecule has 2 atom stereocenters. The Morgan fingerprint density at radius 2 is 1.85 bits per heavy atom. The Morgan fingerprint density at radius 3 is 2.44 bits per heavy atom. The van der Waals surface area contributed by atoms with E-state index < -0.39 is 24.1 Å². The van der Waals surface area contributed by atoms with Gasteiger partial charge in [-0.05, 0) is 80.2 Å². The number of esters is 1. The Balaban J connectivity index is 1.67. The molecule has 1 aliphatic carbocycles. The van der Waals surface area contributed by atoms with Crippen molar-refractivity contribution in [3.05, 3.63) is 64.7 Å². The first-order valence-corrected chi connectivity index (χ1v) is 13.6. The highest BCUT2D eigenvalue weighted by Crippen LogP contribution is 2.32. The second-order valence-corrected chi connectivity index (χ2v) is 11.5. The normalized spacial score (nSPS) is 14.9. The second kappa shape index (κ2) is 13.6. The van der Waals surface area contributed by atoms with E-state index in [1.165, 1.54) is 11.1 Å². The zero-order valence-electron chi connectivity index (χ0n) is 23.4. The summed E-state index contributed by atoms with van der Waals surface area (Å²) in [4.78, 5) is 23.7. The maximum absolute atomic E-state index is 12.7. The summed E-state index contributed by atoms with van der Waals surface area (Å²) < 4.78 is 11.8. The van der Waals surface area contributed by atoms with Crippen molar-refractivity contribution in [1.29, 1.82) is 5.26 Å². The Hall–Kier alpha value is -3.41. The molecule has 1 aliphatic rings. The maximum atomic E-state index is 12.7. The summed E-state index contributed by atoms with van der Waals surface area (Å²) in [5, 5.41) is 22.1. The molecule has 0 aliphatic heterocycles. The molecule has 39 heavy (non-hydrogen) atoms. The minimum absolute atomic E-state index is 0.0194. The van der Waals surface area contributed by atoms with Crippen LogP contribution in [0.25, 0.3) is 0 Å². The van der Waals surface area contributed by atoms with E-state index in [1.54, 1.807) is 18.2 Å². The largest absolute Gasteiger partial charge is 0.488 e. The SMILES string of the molecule is CC(C)[C@@H](N)C(=O)O[C@@H](CNC(C)(C)CC1Cc2ccccc2C1)COc1cc(CCC(=O)O)ccc1C#N. The van der Waals surface area contributed by atoms with Crippen LogP contribution in [0.2, 0.25) is 0 Å². The third kappa shape index (κ3) is 9.09. The van der Waals surface area contributed by atoms with Crippen LogP contribution in [0, 0.1) is 23.2 Å². The van der Waals surface area contributed by atoms with Crippen LogP contribution in [0.3, 0.4) is 0 Å². The lowest BCUT2D eigenvalue weighted by Crippen LogP contribution is -2.48. The molecule has 0 bridgehead atoms. The predicted octanol–water partition coefficient (Wildman–Crippen LogP) is 4.02. The lowest BCUT2D eigenvalue weighted by molar-refractivity contribution is -0.153. The number of aryl methyl sites for hydroxylation is 1. The van der Waals surface area contributed by atoms with Gasteiger partial charge in [0.15, 0.2) is 0 Å². The number of carbonyl (C=O) groups excluding carboxylic acids is 1. The van der Waals surface area contributed by atoms with Crippen LogP contribution in [0.15, 0.2) is 42.5 Å². The summed E-state index contributed by atoms with van der Waals surface area (Å²) >= 11 is 0. The van der Waals surface area contributed by atoms with E-state index in [4.69, 9.17) is 20.3 Å². The van der Waals surface area contributed by atoms with E-state index in [1.807, 2.05) is 13.8 Å². The van der Waals surface area contributed by atoms with Gasteiger partial charge in [-0.15, -0.1) is 0 Å². The minimum atomic E-state index is -0.898. The number of nitrogens with two attached hydrogens (primary N) is 1. The summed E-state index contributed by atoms with van der Waals surface area (Å²) in [7, 11) is 0. The molecule has 8 heteroatoms. The maximum Gasteiger partial charge on any atom is 0.323 e. The van der Waals surface area contributed by atoms with Crippen molar-refractivity contribution in [2.45, 2.75) is 77.5 Å². The predicted molar refractivity (Wildman–Crippen MR) is 149 cm³/mol. The number of carboxylic acids is 1. The number of hydrogen-bond donors (Lipinski definition) is 3. The van der Waals surface area contributed by atoms with Crippen molar-refractivity contribution >= 4 is 11.9 Å². The fourth-order valence-electron chi connectivity index (χ4n) is 5.00.